The lowest BCUT2D eigenvalue weighted by atomic mass is 9.82. The molecule has 25 nitrogen and oxygen atoms in total. The van der Waals surface area contributed by atoms with Crippen LogP contribution in [0.3, 0.4) is 0 Å². The zero-order valence-corrected chi connectivity index (χ0v) is 64.1. The molecule has 12 amide bonds. The molecule has 0 bridgehead atoms. The Morgan fingerprint density at radius 3 is 1.89 bits per heavy atom. The molecule has 0 radical (unpaired) electrons. The van der Waals surface area contributed by atoms with Gasteiger partial charge in [-0.05, 0) is 147 Å². The molecule has 5 aliphatic rings. The molecule has 27 heteroatoms. The summed E-state index contributed by atoms with van der Waals surface area (Å²) in [6, 6.07) is -10.5. The third-order valence-corrected chi connectivity index (χ3v) is 23.7. The molecule has 2 aliphatic carbocycles. The van der Waals surface area contributed by atoms with Gasteiger partial charge in [0.25, 0.3) is 0 Å². The SMILES string of the molecule is CCCC[C@@H]1NC(=O)[C@H](CC2CC(I)CCC2Br)NC(=O)CN(C)C(=O)[C@H](CC2CCC(OC)CC2)N(C)C(=O)[C@@H]2CCN2C(=O)[C@H](C)N(C)C(=O)[C@H]([C@@H](C)CC)NC(=O)[C@H](CC)N(C)C(=O)C[C@@H](C(=O)N2CCCCC2)N(C)C(=O)[C@H](CC(C)C)NC(=O)C(C)(C)N(C)C1=O. The third-order valence-electron chi connectivity index (χ3n) is 21.4. The number of carbonyl (C=O) groups is 12. The normalized spacial score (nSPS) is 31.5. The highest BCUT2D eigenvalue weighted by Crippen LogP contribution is 2.37. The molecule has 0 aromatic carbocycles. The van der Waals surface area contributed by atoms with E-state index in [1.807, 2.05) is 27.7 Å². The van der Waals surface area contributed by atoms with Gasteiger partial charge in [0.05, 0.1) is 19.1 Å². The Morgan fingerprint density at radius 2 is 1.31 bits per heavy atom. The van der Waals surface area contributed by atoms with Gasteiger partial charge in [-0.1, -0.05) is 99.3 Å². The van der Waals surface area contributed by atoms with Crippen molar-refractivity contribution in [1.29, 1.82) is 0 Å². The van der Waals surface area contributed by atoms with Crippen molar-refractivity contribution in [2.75, 3.05) is 75.6 Å². The van der Waals surface area contributed by atoms with Crippen molar-refractivity contribution in [3.05, 3.63) is 0 Å². The number of carbonyl (C=O) groups excluding carboxylic acids is 12. The van der Waals surface area contributed by atoms with Crippen LogP contribution in [0.1, 0.15) is 191 Å². The van der Waals surface area contributed by atoms with Crippen molar-refractivity contribution in [3.63, 3.8) is 0 Å². The number of piperidine rings is 1. The average Bonchev–Trinajstić information content (AvgIpc) is 0.837. The number of likely N-dealkylation sites (N-methyl/N-ethyl adjacent to an activating group) is 6. The minimum absolute atomic E-state index is 0.00476. The Labute approximate surface area is 593 Å². The first-order valence-corrected chi connectivity index (χ1v) is 37.5. The molecule has 13 atom stereocenters. The summed E-state index contributed by atoms with van der Waals surface area (Å²) in [7, 11) is 10.4. The van der Waals surface area contributed by atoms with Gasteiger partial charge in [-0.25, -0.2) is 0 Å². The zero-order valence-electron chi connectivity index (χ0n) is 60.3. The molecular formula is C69H116BrIN12O13. The molecule has 4 N–H and O–H groups in total. The predicted molar refractivity (Wildman–Crippen MR) is 378 cm³/mol. The number of amides is 12. The van der Waals surface area contributed by atoms with Crippen LogP contribution in [0.5, 0.6) is 0 Å². The number of hydrogen-bond acceptors (Lipinski definition) is 13. The van der Waals surface area contributed by atoms with E-state index >= 15 is 19.2 Å². The topological polar surface area (TPSA) is 288 Å². The highest BCUT2D eigenvalue weighted by atomic mass is 127. The van der Waals surface area contributed by atoms with E-state index in [-0.39, 0.29) is 73.8 Å². The maximum atomic E-state index is 15.1. The first kappa shape index (κ1) is 81.5. The lowest BCUT2D eigenvalue weighted by molar-refractivity contribution is -0.160. The van der Waals surface area contributed by atoms with Gasteiger partial charge in [0.2, 0.25) is 70.9 Å². The highest BCUT2D eigenvalue weighted by Gasteiger charge is 2.48. The third kappa shape index (κ3) is 20.9. The summed E-state index contributed by atoms with van der Waals surface area (Å²) >= 11 is 6.26. The predicted octanol–water partition coefficient (Wildman–Crippen LogP) is 5.01. The minimum Gasteiger partial charge on any atom is -0.381 e. The van der Waals surface area contributed by atoms with Crippen molar-refractivity contribution in [1.82, 2.24) is 60.5 Å². The number of rotatable bonds is 14. The van der Waals surface area contributed by atoms with Crippen molar-refractivity contribution < 1.29 is 62.3 Å². The fourth-order valence-corrected chi connectivity index (χ4v) is 15.7. The molecule has 544 valence electrons. The Morgan fingerprint density at radius 1 is 0.667 bits per heavy atom. The van der Waals surface area contributed by atoms with Crippen LogP contribution in [-0.2, 0) is 62.3 Å². The van der Waals surface area contributed by atoms with Gasteiger partial charge < -0.3 is 65.2 Å². The van der Waals surface area contributed by atoms with Gasteiger partial charge in [-0.15, -0.1) is 0 Å². The highest BCUT2D eigenvalue weighted by molar-refractivity contribution is 14.1. The van der Waals surface area contributed by atoms with E-state index in [9.17, 15) is 38.4 Å². The molecule has 0 aromatic heterocycles. The summed E-state index contributed by atoms with van der Waals surface area (Å²) < 4.78 is 5.96. The Kier molecular flexibility index (Phi) is 31.7. The molecule has 3 saturated heterocycles. The number of unbranched alkanes of at least 4 members (excludes halogenated alkanes) is 1. The number of alkyl halides is 2. The largest absolute Gasteiger partial charge is 0.381 e. The van der Waals surface area contributed by atoms with E-state index in [1.165, 1.54) is 90.4 Å². The summed E-state index contributed by atoms with van der Waals surface area (Å²) in [5, 5.41) is 11.7. The van der Waals surface area contributed by atoms with E-state index in [2.05, 4.69) is 59.8 Å². The van der Waals surface area contributed by atoms with Crippen molar-refractivity contribution in [2.24, 2.45) is 23.7 Å². The monoisotopic (exact) mass is 1530 g/mol. The van der Waals surface area contributed by atoms with Crippen molar-refractivity contribution in [2.45, 2.75) is 266 Å². The second-order valence-corrected chi connectivity index (χ2v) is 31.9. The quantitative estimate of drug-likeness (QED) is 0.132. The Bertz CT molecular complexity index is 2730. The molecule has 0 aromatic rings. The Balaban J connectivity index is 1.61. The Hall–Kier alpha value is -5.19. The van der Waals surface area contributed by atoms with Gasteiger partial charge >= 0.3 is 0 Å². The summed E-state index contributed by atoms with van der Waals surface area (Å²) in [6.07, 6.45) is 9.93. The molecular weight excluding hydrogens is 1410 g/mol. The number of hydrogen-bond donors (Lipinski definition) is 4. The lowest BCUT2D eigenvalue weighted by Crippen LogP contribution is -2.65. The molecule has 3 heterocycles. The van der Waals surface area contributed by atoms with Crippen molar-refractivity contribution >= 4 is 109 Å². The molecule has 3 aliphatic heterocycles. The number of nitrogens with zero attached hydrogens (tertiary/aromatic N) is 8. The van der Waals surface area contributed by atoms with Crippen LogP contribution in [-0.4, -0.2) is 260 Å². The second kappa shape index (κ2) is 37.3. The van der Waals surface area contributed by atoms with Crippen LogP contribution < -0.4 is 21.3 Å². The van der Waals surface area contributed by atoms with Gasteiger partial charge in [0.15, 0.2) is 0 Å². The molecule has 0 spiro atoms. The molecule has 5 rings (SSSR count). The summed E-state index contributed by atoms with van der Waals surface area (Å²) in [5.41, 5.74) is -1.67. The van der Waals surface area contributed by atoms with Gasteiger partial charge in [0, 0.05) is 77.8 Å². The van der Waals surface area contributed by atoms with Crippen LogP contribution >= 0.6 is 38.5 Å². The fourth-order valence-electron chi connectivity index (χ4n) is 14.0. The smallest absolute Gasteiger partial charge is 0.246 e. The van der Waals surface area contributed by atoms with E-state index < -0.39 is 150 Å². The van der Waals surface area contributed by atoms with Crippen LogP contribution in [0.4, 0.5) is 0 Å². The zero-order chi connectivity index (χ0) is 71.8. The number of methoxy groups -OCH3 is 1. The van der Waals surface area contributed by atoms with Crippen LogP contribution in [0.15, 0.2) is 0 Å². The van der Waals surface area contributed by atoms with Crippen LogP contribution in [0.2, 0.25) is 0 Å². The fraction of sp³-hybridized carbons (Fsp3) is 0.826. The maximum absolute atomic E-state index is 15.1. The number of fused-ring (bicyclic) bond motifs is 1. The van der Waals surface area contributed by atoms with Gasteiger partial charge in [0.1, 0.15) is 59.9 Å². The number of nitrogens with one attached hydrogen (secondary N) is 4. The van der Waals surface area contributed by atoms with Crippen molar-refractivity contribution in [3.8, 4) is 0 Å². The number of halogens is 2. The van der Waals surface area contributed by atoms with Crippen LogP contribution in [0, 0.1) is 23.7 Å². The average molecular weight is 1530 g/mol. The van der Waals surface area contributed by atoms with E-state index in [1.54, 1.807) is 32.8 Å². The minimum atomic E-state index is -1.67. The number of likely N-dealkylation sites (tertiary alicyclic amines) is 1. The number of ether oxygens (including phenoxy) is 1. The van der Waals surface area contributed by atoms with E-state index in [0.717, 1.165) is 51.4 Å². The summed E-state index contributed by atoms with van der Waals surface area (Å²) in [5.74, 6) is -7.92. The standard InChI is InChI=1S/C69H116BrIN12O13/c1-17-20-24-49-63(90)81(15)69(8,9)68(95)74-51(35-41(4)5)62(89)79(13)55(66(93)82-32-22-21-23-33-82)39-57(85)78(12)52(19-3)60(87)75-58(42(6)18-2)67(94)77(11)43(7)61(88)83-34-31-53(83)65(92)80(14)54(36-44-25-28-47(96-16)29-26-44)64(91)76(10)40-56(84)72-50(59(86)73-49)38-45-37-46(71)27-30-48(45)70/h41-55,58H,17-40H2,1-16H3,(H,72,84)(H,73,86)(H,74,95)(H,75,87)/t42-,43-,44?,45?,46?,47?,48?,49-,50-,51-,52-,53-,54-,55-,58-/m0/s1. The van der Waals surface area contributed by atoms with E-state index in [0.29, 0.717) is 49.1 Å². The second-order valence-electron chi connectivity index (χ2n) is 28.9. The summed E-state index contributed by atoms with van der Waals surface area (Å²) in [6.45, 7) is 16.1. The van der Waals surface area contributed by atoms with Gasteiger partial charge in [-0.3, -0.25) is 57.5 Å². The molecule has 3 unspecified atom stereocenters. The lowest BCUT2D eigenvalue weighted by Gasteiger charge is -2.45. The summed E-state index contributed by atoms with van der Waals surface area (Å²) in [4.78, 5) is 189. The van der Waals surface area contributed by atoms with Crippen LogP contribution in [0.25, 0.3) is 0 Å². The first-order chi connectivity index (χ1) is 45.1. The molecule has 2 saturated carbocycles. The van der Waals surface area contributed by atoms with Gasteiger partial charge in [-0.2, -0.15) is 0 Å². The van der Waals surface area contributed by atoms with E-state index in [4.69, 9.17) is 4.74 Å². The maximum Gasteiger partial charge on any atom is 0.246 e. The molecule has 5 fully saturated rings. The first-order valence-electron chi connectivity index (χ1n) is 35.3. The molecule has 96 heavy (non-hydrogen) atoms.